The van der Waals surface area contributed by atoms with Crippen LogP contribution in [0.5, 0.6) is 0 Å². The molecule has 1 atom stereocenters. The summed E-state index contributed by atoms with van der Waals surface area (Å²) in [4.78, 5) is 38.2. The van der Waals surface area contributed by atoms with Crippen molar-refractivity contribution < 1.29 is 19.5 Å². The second-order valence-electron chi connectivity index (χ2n) is 4.85. The number of hydrogen-bond acceptors (Lipinski definition) is 4. The number of carbonyl (C=O) groups is 3. The van der Waals surface area contributed by atoms with Gasteiger partial charge in [-0.1, -0.05) is 30.3 Å². The number of hydrogen-bond donors (Lipinski definition) is 3. The van der Waals surface area contributed by atoms with Gasteiger partial charge in [0.2, 0.25) is 5.91 Å². The summed E-state index contributed by atoms with van der Waals surface area (Å²) in [6.45, 7) is 0. The Balaban J connectivity index is 2.13. The summed E-state index contributed by atoms with van der Waals surface area (Å²) in [5.74, 6) is -2.50. The molecule has 1 aromatic carbocycles. The minimum absolute atomic E-state index is 0.0942. The zero-order valence-electron chi connectivity index (χ0n) is 12.1. The molecule has 0 saturated heterocycles. The van der Waals surface area contributed by atoms with Gasteiger partial charge in [0.25, 0.3) is 5.91 Å². The van der Waals surface area contributed by atoms with Crippen molar-refractivity contribution in [3.8, 4) is 0 Å². The summed E-state index contributed by atoms with van der Waals surface area (Å²) in [5.41, 5.74) is 6.01. The number of pyridine rings is 1. The fraction of sp³-hybridized carbons (Fsp3) is 0.125. The van der Waals surface area contributed by atoms with E-state index in [-0.39, 0.29) is 17.7 Å². The molecule has 7 heteroatoms. The van der Waals surface area contributed by atoms with E-state index >= 15 is 0 Å². The molecule has 0 spiro atoms. The van der Waals surface area contributed by atoms with Crippen LogP contribution in [-0.2, 0) is 11.2 Å². The van der Waals surface area contributed by atoms with Gasteiger partial charge in [-0.2, -0.15) is 0 Å². The Labute approximate surface area is 132 Å². The Bertz CT molecular complexity index is 731. The number of nitrogens with two attached hydrogens (primary N) is 1. The maximum atomic E-state index is 12.2. The zero-order chi connectivity index (χ0) is 16.8. The van der Waals surface area contributed by atoms with Gasteiger partial charge in [0.1, 0.15) is 11.7 Å². The highest BCUT2D eigenvalue weighted by atomic mass is 16.4. The molecule has 2 amide bonds. The molecule has 0 aliphatic carbocycles. The summed E-state index contributed by atoms with van der Waals surface area (Å²) in [6, 6.07) is 10.7. The van der Waals surface area contributed by atoms with Crippen molar-refractivity contribution in [1.29, 1.82) is 0 Å². The lowest BCUT2D eigenvalue weighted by Gasteiger charge is -2.15. The molecule has 4 N–H and O–H groups in total. The summed E-state index contributed by atoms with van der Waals surface area (Å²) >= 11 is 0. The van der Waals surface area contributed by atoms with Gasteiger partial charge < -0.3 is 16.2 Å². The number of carboxylic acids is 1. The van der Waals surface area contributed by atoms with Crippen LogP contribution in [0.15, 0.2) is 48.7 Å². The molecule has 7 nitrogen and oxygen atoms in total. The van der Waals surface area contributed by atoms with Crippen LogP contribution in [0.4, 0.5) is 0 Å². The van der Waals surface area contributed by atoms with Crippen molar-refractivity contribution >= 4 is 17.8 Å². The number of carbonyl (C=O) groups excluding carboxylic acids is 2. The van der Waals surface area contributed by atoms with Crippen LogP contribution in [0.25, 0.3) is 0 Å². The molecule has 23 heavy (non-hydrogen) atoms. The molecule has 118 valence electrons. The van der Waals surface area contributed by atoms with Gasteiger partial charge in [0.15, 0.2) is 0 Å². The Kier molecular flexibility index (Phi) is 5.03. The van der Waals surface area contributed by atoms with E-state index in [0.29, 0.717) is 0 Å². The highest BCUT2D eigenvalue weighted by Gasteiger charge is 2.20. The number of benzene rings is 1. The third-order valence-electron chi connectivity index (χ3n) is 3.17. The maximum Gasteiger partial charge on any atom is 0.354 e. The predicted octanol–water partition coefficient (Wildman–Crippen LogP) is 0.606. The number of nitrogens with zero attached hydrogens (tertiary/aromatic N) is 1. The summed E-state index contributed by atoms with van der Waals surface area (Å²) in [7, 11) is 0. The average molecular weight is 313 g/mol. The van der Waals surface area contributed by atoms with E-state index in [1.54, 1.807) is 0 Å². The average Bonchev–Trinajstić information content (AvgIpc) is 2.55. The highest BCUT2D eigenvalue weighted by Crippen LogP contribution is 2.06. The molecule has 1 unspecified atom stereocenters. The summed E-state index contributed by atoms with van der Waals surface area (Å²) in [6.07, 6.45) is 1.47. The van der Waals surface area contributed by atoms with Crippen LogP contribution in [0, 0.1) is 0 Å². The molecule has 2 rings (SSSR count). The molecule has 0 fully saturated rings. The Morgan fingerprint density at radius 1 is 1.17 bits per heavy atom. The second kappa shape index (κ2) is 7.17. The first kappa shape index (κ1) is 16.2. The lowest BCUT2D eigenvalue weighted by Crippen LogP contribution is -2.45. The number of rotatable bonds is 6. The topological polar surface area (TPSA) is 122 Å². The molecular weight excluding hydrogens is 298 g/mol. The maximum absolute atomic E-state index is 12.2. The lowest BCUT2D eigenvalue weighted by atomic mass is 10.0. The number of aromatic nitrogens is 1. The van der Waals surface area contributed by atoms with Crippen molar-refractivity contribution in [2.75, 3.05) is 0 Å². The first-order valence-electron chi connectivity index (χ1n) is 6.81. The molecule has 2 aromatic rings. The van der Waals surface area contributed by atoms with Gasteiger partial charge in [0.05, 0.1) is 0 Å². The van der Waals surface area contributed by atoms with E-state index in [2.05, 4.69) is 10.3 Å². The molecular formula is C16H15N3O4. The molecule has 0 aliphatic rings. The smallest absolute Gasteiger partial charge is 0.354 e. The van der Waals surface area contributed by atoms with E-state index in [4.69, 9.17) is 10.8 Å². The molecule has 1 heterocycles. The minimum atomic E-state index is -1.24. The van der Waals surface area contributed by atoms with Crippen LogP contribution >= 0.6 is 0 Å². The standard InChI is InChI=1S/C16H15N3O4/c17-14(20)12(8-10-4-2-1-3-5-10)19-15(21)11-6-7-18-13(9-11)16(22)23/h1-7,9,12H,8H2,(H2,17,20)(H,19,21)(H,22,23). The van der Waals surface area contributed by atoms with Gasteiger partial charge in [-0.3, -0.25) is 9.59 Å². The van der Waals surface area contributed by atoms with Gasteiger partial charge in [0, 0.05) is 18.2 Å². The third-order valence-corrected chi connectivity index (χ3v) is 3.17. The van der Waals surface area contributed by atoms with Crippen molar-refractivity contribution in [3.05, 3.63) is 65.5 Å². The Morgan fingerprint density at radius 3 is 2.48 bits per heavy atom. The van der Waals surface area contributed by atoms with E-state index in [1.165, 1.54) is 12.3 Å². The van der Waals surface area contributed by atoms with E-state index in [1.807, 2.05) is 30.3 Å². The number of amides is 2. The third kappa shape index (κ3) is 4.37. The van der Waals surface area contributed by atoms with E-state index in [0.717, 1.165) is 11.6 Å². The minimum Gasteiger partial charge on any atom is -0.477 e. The van der Waals surface area contributed by atoms with Crippen molar-refractivity contribution in [2.45, 2.75) is 12.5 Å². The largest absolute Gasteiger partial charge is 0.477 e. The van der Waals surface area contributed by atoms with Crippen LogP contribution < -0.4 is 11.1 Å². The predicted molar refractivity (Wildman–Crippen MR) is 81.8 cm³/mol. The molecule has 0 aliphatic heterocycles. The highest BCUT2D eigenvalue weighted by molar-refractivity contribution is 5.99. The van der Waals surface area contributed by atoms with Gasteiger partial charge >= 0.3 is 5.97 Å². The summed E-state index contributed by atoms with van der Waals surface area (Å²) in [5, 5.41) is 11.4. The SMILES string of the molecule is NC(=O)C(Cc1ccccc1)NC(=O)c1ccnc(C(=O)O)c1. The first-order chi connectivity index (χ1) is 11.0. The molecule has 0 radical (unpaired) electrons. The Hall–Kier alpha value is -3.22. The fourth-order valence-corrected chi connectivity index (χ4v) is 2.00. The second-order valence-corrected chi connectivity index (χ2v) is 4.85. The van der Waals surface area contributed by atoms with Crippen LogP contribution in [0.1, 0.15) is 26.4 Å². The first-order valence-corrected chi connectivity index (χ1v) is 6.81. The van der Waals surface area contributed by atoms with Gasteiger partial charge in [-0.15, -0.1) is 0 Å². The monoisotopic (exact) mass is 313 g/mol. The number of primary amides is 1. The van der Waals surface area contributed by atoms with Crippen LogP contribution in [0.2, 0.25) is 0 Å². The van der Waals surface area contributed by atoms with Gasteiger partial charge in [-0.05, 0) is 17.7 Å². The van der Waals surface area contributed by atoms with E-state index in [9.17, 15) is 14.4 Å². The number of nitrogens with one attached hydrogen (secondary N) is 1. The van der Waals surface area contributed by atoms with Crippen LogP contribution in [0.3, 0.4) is 0 Å². The normalized spacial score (nSPS) is 11.5. The quantitative estimate of drug-likeness (QED) is 0.721. The van der Waals surface area contributed by atoms with Crippen molar-refractivity contribution in [1.82, 2.24) is 10.3 Å². The Morgan fingerprint density at radius 2 is 1.87 bits per heavy atom. The molecule has 0 saturated carbocycles. The van der Waals surface area contributed by atoms with Crippen LogP contribution in [-0.4, -0.2) is 33.9 Å². The zero-order valence-corrected chi connectivity index (χ0v) is 12.1. The van der Waals surface area contributed by atoms with E-state index < -0.39 is 23.8 Å². The molecule has 1 aromatic heterocycles. The summed E-state index contributed by atoms with van der Waals surface area (Å²) < 4.78 is 0. The number of aromatic carboxylic acids is 1. The molecule has 0 bridgehead atoms. The number of carboxylic acid groups (broad SMARTS) is 1. The van der Waals surface area contributed by atoms with Crippen molar-refractivity contribution in [3.63, 3.8) is 0 Å². The van der Waals surface area contributed by atoms with Gasteiger partial charge in [-0.25, -0.2) is 9.78 Å². The fourth-order valence-electron chi connectivity index (χ4n) is 2.00. The lowest BCUT2D eigenvalue weighted by molar-refractivity contribution is -0.119. The van der Waals surface area contributed by atoms with Crippen molar-refractivity contribution in [2.24, 2.45) is 5.73 Å².